The van der Waals surface area contributed by atoms with Crippen molar-refractivity contribution in [2.24, 2.45) is 0 Å². The number of nitrogens with two attached hydrogens (primary N) is 1. The number of hydrogen-bond acceptors (Lipinski definition) is 3. The summed E-state index contributed by atoms with van der Waals surface area (Å²) in [5.74, 6) is 0.833. The van der Waals surface area contributed by atoms with Crippen molar-refractivity contribution in [1.29, 1.82) is 0 Å². The van der Waals surface area contributed by atoms with Gasteiger partial charge in [-0.15, -0.1) is 0 Å². The second kappa shape index (κ2) is 5.17. The number of methoxy groups -OCH3 is 1. The first-order valence-corrected chi connectivity index (χ1v) is 7.00. The van der Waals surface area contributed by atoms with Crippen LogP contribution >= 0.6 is 15.9 Å². The van der Waals surface area contributed by atoms with Gasteiger partial charge in [0.25, 0.3) is 0 Å². The molecule has 0 amide bonds. The van der Waals surface area contributed by atoms with E-state index in [4.69, 9.17) is 10.5 Å². The molecule has 0 aliphatic heterocycles. The van der Waals surface area contributed by atoms with E-state index in [0.717, 1.165) is 32.4 Å². The number of aromatic nitrogens is 2. The number of rotatable bonds is 3. The van der Waals surface area contributed by atoms with Crippen LogP contribution in [-0.4, -0.2) is 16.9 Å². The SMILES string of the molecule is COc1ccc(Br)c(Cn2ncc3ccc(N)cc32)c1. The molecule has 3 aromatic rings. The Morgan fingerprint density at radius 3 is 2.90 bits per heavy atom. The maximum Gasteiger partial charge on any atom is 0.119 e. The first-order chi connectivity index (χ1) is 9.67. The Balaban J connectivity index is 2.03. The summed E-state index contributed by atoms with van der Waals surface area (Å²) in [5.41, 5.74) is 8.73. The van der Waals surface area contributed by atoms with Crippen LogP contribution in [0, 0.1) is 0 Å². The van der Waals surface area contributed by atoms with Crippen LogP contribution in [0.3, 0.4) is 0 Å². The maximum atomic E-state index is 5.85. The smallest absolute Gasteiger partial charge is 0.119 e. The summed E-state index contributed by atoms with van der Waals surface area (Å²) < 4.78 is 8.23. The predicted molar refractivity (Wildman–Crippen MR) is 83.9 cm³/mol. The van der Waals surface area contributed by atoms with E-state index in [2.05, 4.69) is 21.0 Å². The highest BCUT2D eigenvalue weighted by atomic mass is 79.9. The highest BCUT2D eigenvalue weighted by Gasteiger charge is 2.07. The standard InChI is InChI=1S/C15H14BrN3O/c1-20-13-4-5-14(16)11(6-13)9-19-15-7-12(17)3-2-10(15)8-18-19/h2-8H,9,17H2,1H3. The summed E-state index contributed by atoms with van der Waals surface area (Å²) in [7, 11) is 1.66. The van der Waals surface area contributed by atoms with Gasteiger partial charge in [0.2, 0.25) is 0 Å². The molecule has 0 saturated carbocycles. The number of halogens is 1. The Hall–Kier alpha value is -2.01. The molecule has 20 heavy (non-hydrogen) atoms. The molecule has 0 bridgehead atoms. The van der Waals surface area contributed by atoms with E-state index >= 15 is 0 Å². The van der Waals surface area contributed by atoms with E-state index in [1.54, 1.807) is 7.11 Å². The molecular formula is C15H14BrN3O. The molecule has 102 valence electrons. The van der Waals surface area contributed by atoms with Gasteiger partial charge >= 0.3 is 0 Å². The van der Waals surface area contributed by atoms with Crippen LogP contribution in [0.2, 0.25) is 0 Å². The fraction of sp³-hybridized carbons (Fsp3) is 0.133. The van der Waals surface area contributed by atoms with Gasteiger partial charge in [-0.25, -0.2) is 0 Å². The van der Waals surface area contributed by atoms with Gasteiger partial charge in [-0.05, 0) is 42.0 Å². The van der Waals surface area contributed by atoms with Crippen molar-refractivity contribution in [2.75, 3.05) is 12.8 Å². The lowest BCUT2D eigenvalue weighted by Gasteiger charge is -2.09. The van der Waals surface area contributed by atoms with Crippen molar-refractivity contribution < 1.29 is 4.74 Å². The number of benzene rings is 2. The van der Waals surface area contributed by atoms with Gasteiger partial charge in [0.05, 0.1) is 25.4 Å². The third-order valence-corrected chi connectivity index (χ3v) is 4.02. The van der Waals surface area contributed by atoms with Crippen LogP contribution < -0.4 is 10.5 Å². The summed E-state index contributed by atoms with van der Waals surface area (Å²) in [5, 5.41) is 5.51. The Kier molecular flexibility index (Phi) is 3.36. The van der Waals surface area contributed by atoms with Crippen LogP contribution in [-0.2, 0) is 6.54 Å². The molecule has 3 rings (SSSR count). The molecule has 2 aromatic carbocycles. The third kappa shape index (κ3) is 2.36. The molecule has 0 fully saturated rings. The van der Waals surface area contributed by atoms with Gasteiger partial charge < -0.3 is 10.5 Å². The fourth-order valence-electron chi connectivity index (χ4n) is 2.17. The predicted octanol–water partition coefficient (Wildman–Crippen LogP) is 3.44. The highest BCUT2D eigenvalue weighted by molar-refractivity contribution is 9.10. The molecule has 0 aliphatic carbocycles. The van der Waals surface area contributed by atoms with Gasteiger partial charge in [0, 0.05) is 15.5 Å². The van der Waals surface area contributed by atoms with E-state index in [-0.39, 0.29) is 0 Å². The molecule has 1 heterocycles. The minimum atomic E-state index is 0.657. The molecule has 4 nitrogen and oxygen atoms in total. The number of hydrogen-bond donors (Lipinski definition) is 1. The van der Waals surface area contributed by atoms with Crippen molar-refractivity contribution in [3.05, 3.63) is 52.6 Å². The third-order valence-electron chi connectivity index (χ3n) is 3.24. The molecule has 5 heteroatoms. The Bertz CT molecular complexity index is 767. The van der Waals surface area contributed by atoms with Crippen molar-refractivity contribution in [3.63, 3.8) is 0 Å². The quantitative estimate of drug-likeness (QED) is 0.748. The number of nitrogen functional groups attached to an aromatic ring is 1. The second-order valence-electron chi connectivity index (χ2n) is 4.58. The van der Waals surface area contributed by atoms with Crippen molar-refractivity contribution in [2.45, 2.75) is 6.54 Å². The zero-order valence-electron chi connectivity index (χ0n) is 11.0. The lowest BCUT2D eigenvalue weighted by molar-refractivity contribution is 0.414. The summed E-state index contributed by atoms with van der Waals surface area (Å²) in [6.45, 7) is 0.657. The Morgan fingerprint density at radius 1 is 1.25 bits per heavy atom. The van der Waals surface area contributed by atoms with Gasteiger partial charge in [0.15, 0.2) is 0 Å². The van der Waals surface area contributed by atoms with E-state index in [1.807, 2.05) is 47.3 Å². The molecule has 0 unspecified atom stereocenters. The average molecular weight is 332 g/mol. The molecule has 2 N–H and O–H groups in total. The van der Waals surface area contributed by atoms with E-state index in [9.17, 15) is 0 Å². The Morgan fingerprint density at radius 2 is 2.10 bits per heavy atom. The number of ether oxygens (including phenoxy) is 1. The molecule has 0 atom stereocenters. The lowest BCUT2D eigenvalue weighted by atomic mass is 10.2. The molecule has 1 aromatic heterocycles. The van der Waals surface area contributed by atoms with E-state index < -0.39 is 0 Å². The van der Waals surface area contributed by atoms with E-state index in [1.165, 1.54) is 0 Å². The average Bonchev–Trinajstić information content (AvgIpc) is 2.84. The molecule has 0 radical (unpaired) electrons. The molecule has 0 aliphatic rings. The van der Waals surface area contributed by atoms with Crippen molar-refractivity contribution in [3.8, 4) is 5.75 Å². The highest BCUT2D eigenvalue weighted by Crippen LogP contribution is 2.25. The number of nitrogens with zero attached hydrogens (tertiary/aromatic N) is 2. The minimum Gasteiger partial charge on any atom is -0.497 e. The molecule has 0 spiro atoms. The molecular weight excluding hydrogens is 318 g/mol. The first kappa shape index (κ1) is 13.0. The van der Waals surface area contributed by atoms with Crippen LogP contribution in [0.5, 0.6) is 5.75 Å². The number of fused-ring (bicyclic) bond motifs is 1. The van der Waals surface area contributed by atoms with Gasteiger partial charge in [-0.2, -0.15) is 5.10 Å². The molecule has 0 saturated heterocycles. The normalized spacial score (nSPS) is 10.9. The first-order valence-electron chi connectivity index (χ1n) is 6.21. The zero-order valence-corrected chi connectivity index (χ0v) is 12.6. The number of anilines is 1. The van der Waals surface area contributed by atoms with Crippen LogP contribution in [0.4, 0.5) is 5.69 Å². The van der Waals surface area contributed by atoms with Crippen LogP contribution in [0.25, 0.3) is 10.9 Å². The lowest BCUT2D eigenvalue weighted by Crippen LogP contribution is -2.02. The zero-order chi connectivity index (χ0) is 14.1. The van der Waals surface area contributed by atoms with Crippen molar-refractivity contribution in [1.82, 2.24) is 9.78 Å². The van der Waals surface area contributed by atoms with Crippen molar-refractivity contribution >= 4 is 32.5 Å². The maximum absolute atomic E-state index is 5.85. The fourth-order valence-corrected chi connectivity index (χ4v) is 2.55. The Labute approximate surface area is 125 Å². The summed E-state index contributed by atoms with van der Waals surface area (Å²) >= 11 is 3.56. The summed E-state index contributed by atoms with van der Waals surface area (Å²) in [6.07, 6.45) is 1.85. The summed E-state index contributed by atoms with van der Waals surface area (Å²) in [6, 6.07) is 11.7. The largest absolute Gasteiger partial charge is 0.497 e. The summed E-state index contributed by atoms with van der Waals surface area (Å²) in [4.78, 5) is 0. The minimum absolute atomic E-state index is 0.657. The van der Waals surface area contributed by atoms with Crippen LogP contribution in [0.15, 0.2) is 47.1 Å². The van der Waals surface area contributed by atoms with Gasteiger partial charge in [0.1, 0.15) is 5.75 Å². The topological polar surface area (TPSA) is 53.1 Å². The van der Waals surface area contributed by atoms with Gasteiger partial charge in [-0.1, -0.05) is 15.9 Å². The van der Waals surface area contributed by atoms with E-state index in [0.29, 0.717) is 6.54 Å². The monoisotopic (exact) mass is 331 g/mol. The van der Waals surface area contributed by atoms with Crippen LogP contribution in [0.1, 0.15) is 5.56 Å². The second-order valence-corrected chi connectivity index (χ2v) is 5.43. The van der Waals surface area contributed by atoms with Gasteiger partial charge in [-0.3, -0.25) is 4.68 Å².